The van der Waals surface area contributed by atoms with Crippen LogP contribution in [0.5, 0.6) is 0 Å². The summed E-state index contributed by atoms with van der Waals surface area (Å²) < 4.78 is 1.73. The fourth-order valence-corrected chi connectivity index (χ4v) is 1.51. The molecule has 5 heteroatoms. The monoisotopic (exact) mass is 231 g/mol. The van der Waals surface area contributed by atoms with Gasteiger partial charge in [0.1, 0.15) is 0 Å². The third kappa shape index (κ3) is 3.10. The Bertz CT molecular complexity index is 460. The van der Waals surface area contributed by atoms with E-state index >= 15 is 0 Å². The van der Waals surface area contributed by atoms with Gasteiger partial charge >= 0.3 is 0 Å². The molecule has 90 valence electrons. The smallest absolute Gasteiger partial charge is 0.175 e. The molecule has 0 bridgehead atoms. The highest BCUT2D eigenvalue weighted by Gasteiger charge is 2.01. The molecular weight excluding hydrogens is 214 g/mol. The van der Waals surface area contributed by atoms with Crippen LogP contribution in [0, 0.1) is 6.92 Å². The van der Waals surface area contributed by atoms with E-state index in [1.165, 1.54) is 0 Å². The number of nitrogens with zero attached hydrogens (tertiary/aromatic N) is 4. The first-order valence-electron chi connectivity index (χ1n) is 5.85. The maximum absolute atomic E-state index is 4.28. The van der Waals surface area contributed by atoms with Crippen molar-refractivity contribution in [3.8, 4) is 5.82 Å². The summed E-state index contributed by atoms with van der Waals surface area (Å²) >= 11 is 0. The molecule has 0 saturated heterocycles. The number of aryl methyl sites for hydroxylation is 1. The van der Waals surface area contributed by atoms with Crippen molar-refractivity contribution >= 4 is 0 Å². The molecule has 0 saturated carbocycles. The first-order chi connectivity index (χ1) is 8.29. The number of hydrogen-bond acceptors (Lipinski definition) is 4. The van der Waals surface area contributed by atoms with Crippen LogP contribution in [0.3, 0.4) is 0 Å². The second-order valence-electron chi connectivity index (χ2n) is 3.96. The standard InChI is InChI=1S/C12H17N5/c1-3-7-13-9-11-4-5-12(15-14-11)17-8-6-10(2)16-17/h4-6,8,13H,3,7,9H2,1-2H3. The Kier molecular flexibility index (Phi) is 3.82. The molecule has 2 rings (SSSR count). The van der Waals surface area contributed by atoms with E-state index in [0.29, 0.717) is 0 Å². The Morgan fingerprint density at radius 3 is 2.71 bits per heavy atom. The zero-order valence-electron chi connectivity index (χ0n) is 10.2. The lowest BCUT2D eigenvalue weighted by atomic mass is 10.3. The fourth-order valence-electron chi connectivity index (χ4n) is 1.51. The van der Waals surface area contributed by atoms with Gasteiger partial charge in [0.25, 0.3) is 0 Å². The summed E-state index contributed by atoms with van der Waals surface area (Å²) in [6.07, 6.45) is 3.01. The second kappa shape index (κ2) is 5.54. The molecule has 0 fully saturated rings. The minimum atomic E-state index is 0.748. The molecule has 0 aliphatic rings. The molecule has 17 heavy (non-hydrogen) atoms. The van der Waals surface area contributed by atoms with Gasteiger partial charge in [-0.15, -0.1) is 5.10 Å². The molecule has 0 spiro atoms. The second-order valence-corrected chi connectivity index (χ2v) is 3.96. The van der Waals surface area contributed by atoms with Gasteiger partial charge in [-0.2, -0.15) is 10.2 Å². The Hall–Kier alpha value is -1.75. The van der Waals surface area contributed by atoms with Crippen LogP contribution in [0.4, 0.5) is 0 Å². The molecule has 2 aromatic heterocycles. The first-order valence-corrected chi connectivity index (χ1v) is 5.85. The zero-order valence-corrected chi connectivity index (χ0v) is 10.2. The van der Waals surface area contributed by atoms with Crippen LogP contribution in [0.2, 0.25) is 0 Å². The van der Waals surface area contributed by atoms with Gasteiger partial charge in [-0.3, -0.25) is 0 Å². The summed E-state index contributed by atoms with van der Waals surface area (Å²) in [5, 5.41) is 15.9. The minimum Gasteiger partial charge on any atom is -0.311 e. The van der Waals surface area contributed by atoms with Crippen molar-refractivity contribution < 1.29 is 0 Å². The SMILES string of the molecule is CCCNCc1ccc(-n2ccc(C)n2)nn1. The van der Waals surface area contributed by atoms with Gasteiger partial charge in [0.2, 0.25) is 0 Å². The van der Waals surface area contributed by atoms with Crippen LogP contribution in [-0.4, -0.2) is 26.5 Å². The highest BCUT2D eigenvalue weighted by molar-refractivity contribution is 5.21. The zero-order chi connectivity index (χ0) is 12.1. The fraction of sp³-hybridized carbons (Fsp3) is 0.417. The van der Waals surface area contributed by atoms with Gasteiger partial charge in [-0.05, 0) is 38.1 Å². The molecule has 0 aliphatic heterocycles. The van der Waals surface area contributed by atoms with Crippen LogP contribution >= 0.6 is 0 Å². The van der Waals surface area contributed by atoms with Gasteiger partial charge < -0.3 is 5.32 Å². The quantitative estimate of drug-likeness (QED) is 0.792. The molecule has 0 aromatic carbocycles. The van der Waals surface area contributed by atoms with Gasteiger partial charge in [-0.1, -0.05) is 6.92 Å². The maximum Gasteiger partial charge on any atom is 0.175 e. The van der Waals surface area contributed by atoms with E-state index in [4.69, 9.17) is 0 Å². The molecule has 5 nitrogen and oxygen atoms in total. The lowest BCUT2D eigenvalue weighted by molar-refractivity contribution is 0.653. The summed E-state index contributed by atoms with van der Waals surface area (Å²) in [6.45, 7) is 5.86. The maximum atomic E-state index is 4.28. The number of hydrogen-bond donors (Lipinski definition) is 1. The van der Waals surface area contributed by atoms with Crippen molar-refractivity contribution in [2.75, 3.05) is 6.54 Å². The third-order valence-electron chi connectivity index (χ3n) is 2.40. The lowest BCUT2D eigenvalue weighted by Crippen LogP contribution is -2.15. The average Bonchev–Trinajstić information content (AvgIpc) is 2.77. The molecule has 0 unspecified atom stereocenters. The molecule has 1 N–H and O–H groups in total. The number of aromatic nitrogens is 4. The summed E-state index contributed by atoms with van der Waals surface area (Å²) in [5.41, 5.74) is 1.92. The highest BCUT2D eigenvalue weighted by Crippen LogP contribution is 2.03. The van der Waals surface area contributed by atoms with Crippen molar-refractivity contribution in [3.63, 3.8) is 0 Å². The van der Waals surface area contributed by atoms with Crippen LogP contribution < -0.4 is 5.32 Å². The summed E-state index contributed by atoms with van der Waals surface area (Å²) in [7, 11) is 0. The minimum absolute atomic E-state index is 0.748. The molecular formula is C12H17N5. The first kappa shape index (κ1) is 11.7. The normalized spacial score (nSPS) is 10.7. The Morgan fingerprint density at radius 1 is 1.24 bits per heavy atom. The van der Waals surface area contributed by atoms with Gasteiger partial charge in [-0.25, -0.2) is 4.68 Å². The molecule has 2 heterocycles. The van der Waals surface area contributed by atoms with E-state index in [1.807, 2.05) is 31.3 Å². The van der Waals surface area contributed by atoms with Crippen molar-refractivity contribution in [1.29, 1.82) is 0 Å². The average molecular weight is 231 g/mol. The molecule has 2 aromatic rings. The van der Waals surface area contributed by atoms with Crippen molar-refractivity contribution in [2.45, 2.75) is 26.8 Å². The Morgan fingerprint density at radius 2 is 2.12 bits per heavy atom. The number of nitrogens with one attached hydrogen (secondary N) is 1. The van der Waals surface area contributed by atoms with Gasteiger partial charge in [0.15, 0.2) is 5.82 Å². The van der Waals surface area contributed by atoms with Gasteiger partial charge in [0, 0.05) is 12.7 Å². The predicted molar refractivity (Wildman–Crippen MR) is 65.9 cm³/mol. The van der Waals surface area contributed by atoms with Crippen LogP contribution in [-0.2, 0) is 6.54 Å². The van der Waals surface area contributed by atoms with Crippen LogP contribution in [0.25, 0.3) is 5.82 Å². The van der Waals surface area contributed by atoms with E-state index in [-0.39, 0.29) is 0 Å². The van der Waals surface area contributed by atoms with Crippen LogP contribution in [0.15, 0.2) is 24.4 Å². The molecule has 0 aliphatic carbocycles. The Labute approximate surface area is 101 Å². The molecule has 0 radical (unpaired) electrons. The predicted octanol–water partition coefficient (Wildman–Crippen LogP) is 1.47. The highest BCUT2D eigenvalue weighted by atomic mass is 15.3. The number of rotatable bonds is 5. The molecule has 0 amide bonds. The van der Waals surface area contributed by atoms with Crippen molar-refractivity contribution in [1.82, 2.24) is 25.3 Å². The summed E-state index contributed by atoms with van der Waals surface area (Å²) in [4.78, 5) is 0. The Balaban J connectivity index is 2.02. The van der Waals surface area contributed by atoms with Gasteiger partial charge in [0.05, 0.1) is 11.4 Å². The summed E-state index contributed by atoms with van der Waals surface area (Å²) in [6, 6.07) is 5.85. The molecule has 0 atom stereocenters. The lowest BCUT2D eigenvalue weighted by Gasteiger charge is -2.03. The summed E-state index contributed by atoms with van der Waals surface area (Å²) in [5.74, 6) is 0.748. The van der Waals surface area contributed by atoms with E-state index in [2.05, 4.69) is 27.5 Å². The largest absolute Gasteiger partial charge is 0.311 e. The third-order valence-corrected chi connectivity index (χ3v) is 2.40. The van der Waals surface area contributed by atoms with Crippen LogP contribution in [0.1, 0.15) is 24.7 Å². The van der Waals surface area contributed by atoms with Crippen molar-refractivity contribution in [3.05, 3.63) is 35.8 Å². The topological polar surface area (TPSA) is 55.6 Å². The van der Waals surface area contributed by atoms with E-state index in [9.17, 15) is 0 Å². The van der Waals surface area contributed by atoms with E-state index in [1.54, 1.807) is 4.68 Å². The van der Waals surface area contributed by atoms with E-state index < -0.39 is 0 Å². The van der Waals surface area contributed by atoms with Crippen molar-refractivity contribution in [2.24, 2.45) is 0 Å². The van der Waals surface area contributed by atoms with E-state index in [0.717, 1.165) is 36.7 Å².